The Morgan fingerprint density at radius 2 is 1.57 bits per heavy atom. The van der Waals surface area contributed by atoms with Crippen molar-refractivity contribution in [1.29, 1.82) is 0 Å². The van der Waals surface area contributed by atoms with Crippen molar-refractivity contribution in [2.24, 2.45) is 29.1 Å². The maximum Gasteiger partial charge on any atom is 0.241 e. The molecule has 9 nitrogen and oxygen atoms in total. The molecule has 0 radical (unpaired) electrons. The molecular formula is C37H34N2O7. The van der Waals surface area contributed by atoms with Crippen LogP contribution in [0.3, 0.4) is 0 Å². The first-order chi connectivity index (χ1) is 22.1. The minimum absolute atomic E-state index is 0.113. The van der Waals surface area contributed by atoms with Crippen LogP contribution in [0.5, 0.6) is 11.5 Å². The maximum atomic E-state index is 14.5. The lowest BCUT2D eigenvalue weighted by molar-refractivity contribution is -0.131. The van der Waals surface area contributed by atoms with Gasteiger partial charge in [0.25, 0.3) is 0 Å². The van der Waals surface area contributed by atoms with E-state index in [1.165, 1.54) is 16.7 Å². The van der Waals surface area contributed by atoms with Crippen molar-refractivity contribution in [1.82, 2.24) is 0 Å². The lowest BCUT2D eigenvalue weighted by Crippen LogP contribution is -2.48. The second-order valence-corrected chi connectivity index (χ2v) is 12.7. The molecule has 0 unspecified atom stereocenters. The average molecular weight is 619 g/mol. The fraction of sp³-hybridized carbons (Fsp3) is 0.324. The average Bonchev–Trinajstić information content (AvgIpc) is 3.42. The van der Waals surface area contributed by atoms with E-state index in [2.05, 4.69) is 0 Å². The number of para-hydroxylation sites is 2. The Morgan fingerprint density at radius 3 is 2.24 bits per heavy atom. The van der Waals surface area contributed by atoms with Gasteiger partial charge in [-0.15, -0.1) is 0 Å². The van der Waals surface area contributed by atoms with Crippen LogP contribution in [0, 0.1) is 29.1 Å². The largest absolute Gasteiger partial charge is 0.504 e. The molecule has 0 bridgehead atoms. The molecule has 4 amide bonds. The number of carbonyl (C=O) groups excluding carboxylic acids is 5. The quantitative estimate of drug-likeness (QED) is 0.222. The molecule has 1 saturated carbocycles. The summed E-state index contributed by atoms with van der Waals surface area (Å²) in [5.74, 6) is -4.89. The van der Waals surface area contributed by atoms with Gasteiger partial charge in [-0.2, -0.15) is 0 Å². The Kier molecular flexibility index (Phi) is 6.95. The zero-order valence-electron chi connectivity index (χ0n) is 25.8. The van der Waals surface area contributed by atoms with Crippen molar-refractivity contribution in [3.05, 3.63) is 95.6 Å². The van der Waals surface area contributed by atoms with Crippen molar-refractivity contribution >= 4 is 40.8 Å². The minimum atomic E-state index is -1.28. The molecule has 3 aromatic rings. The van der Waals surface area contributed by atoms with Gasteiger partial charge < -0.3 is 9.84 Å². The number of aromatic hydroxyl groups is 1. The summed E-state index contributed by atoms with van der Waals surface area (Å²) in [6.45, 7) is 5.36. The number of carbonyl (C=O) groups is 5. The number of allylic oxidation sites excluding steroid dienone is 2. The molecule has 2 aliphatic carbocycles. The van der Waals surface area contributed by atoms with Crippen LogP contribution in [-0.4, -0.2) is 41.1 Å². The summed E-state index contributed by atoms with van der Waals surface area (Å²) in [5.41, 5.74) is 1.25. The molecule has 0 aromatic heterocycles. The fourth-order valence-electron chi connectivity index (χ4n) is 8.33. The molecule has 9 heteroatoms. The normalized spacial score (nSPS) is 28.5. The number of imide groups is 2. The van der Waals surface area contributed by atoms with Gasteiger partial charge in [-0.25, -0.2) is 4.90 Å². The molecule has 6 atom stereocenters. The number of benzene rings is 3. The number of rotatable bonds is 6. The van der Waals surface area contributed by atoms with Crippen molar-refractivity contribution in [3.8, 4) is 11.5 Å². The van der Waals surface area contributed by atoms with Gasteiger partial charge in [-0.1, -0.05) is 42.0 Å². The highest BCUT2D eigenvalue weighted by Gasteiger charge is 2.68. The van der Waals surface area contributed by atoms with Gasteiger partial charge in [-0.05, 0) is 82.0 Å². The Hall–Kier alpha value is -5.05. The van der Waals surface area contributed by atoms with Gasteiger partial charge >= 0.3 is 0 Å². The summed E-state index contributed by atoms with van der Waals surface area (Å²) in [6, 6.07) is 20.3. The number of ketones is 1. The molecule has 7 rings (SSSR count). The highest BCUT2D eigenvalue weighted by Crippen LogP contribution is 2.64. The summed E-state index contributed by atoms with van der Waals surface area (Å²) < 4.78 is 5.72. The maximum absolute atomic E-state index is 14.5. The molecule has 234 valence electrons. The molecule has 3 aromatic carbocycles. The highest BCUT2D eigenvalue weighted by molar-refractivity contribution is 6.25. The van der Waals surface area contributed by atoms with Crippen LogP contribution < -0.4 is 14.5 Å². The van der Waals surface area contributed by atoms with E-state index in [-0.39, 0.29) is 53.8 Å². The monoisotopic (exact) mass is 618 g/mol. The number of amides is 4. The number of phenols is 1. The zero-order chi connectivity index (χ0) is 32.5. The first kappa shape index (κ1) is 29.6. The van der Waals surface area contributed by atoms with E-state index in [4.69, 9.17) is 4.74 Å². The predicted octanol–water partition coefficient (Wildman–Crippen LogP) is 5.43. The predicted molar refractivity (Wildman–Crippen MR) is 169 cm³/mol. The Labute approximate surface area is 266 Å². The van der Waals surface area contributed by atoms with Crippen LogP contribution in [0.2, 0.25) is 0 Å². The third-order valence-corrected chi connectivity index (χ3v) is 10.5. The summed E-state index contributed by atoms with van der Waals surface area (Å²) in [4.78, 5) is 71.2. The van der Waals surface area contributed by atoms with Crippen molar-refractivity contribution in [2.45, 2.75) is 39.5 Å². The summed E-state index contributed by atoms with van der Waals surface area (Å²) in [6.07, 6.45) is 2.42. The lowest BCUT2D eigenvalue weighted by atomic mass is 9.51. The second-order valence-electron chi connectivity index (χ2n) is 12.7. The molecule has 2 saturated heterocycles. The Balaban J connectivity index is 1.36. The van der Waals surface area contributed by atoms with Crippen molar-refractivity contribution in [3.63, 3.8) is 0 Å². The van der Waals surface area contributed by atoms with E-state index in [1.54, 1.807) is 73.7 Å². The van der Waals surface area contributed by atoms with E-state index < -0.39 is 35.0 Å². The number of phenolic OH excluding ortho intramolecular Hbond substituents is 1. The first-order valence-electron chi connectivity index (χ1n) is 15.7. The van der Waals surface area contributed by atoms with Gasteiger partial charge in [0, 0.05) is 17.0 Å². The van der Waals surface area contributed by atoms with E-state index >= 15 is 0 Å². The molecular weight excluding hydrogens is 584 g/mol. The number of Topliss-reactive ketones (excluding diaryl/α,β-unsaturated/α-hetero) is 1. The summed E-state index contributed by atoms with van der Waals surface area (Å²) in [7, 11) is 0. The van der Waals surface area contributed by atoms with Crippen LogP contribution in [0.15, 0.2) is 84.4 Å². The standard InChI is InChI=1S/C37H34N2O7/c1-4-46-29-12-8-11-26(32(29)41)31-24-17-18-25-30(35(44)38(33(25)42)23-15-13-21(14-16-23)20(2)40)27(24)19-28-34(43)39(36(45)37(28,31)3)22-9-6-5-7-10-22/h5-17,25,27-28,30-31,41H,4,18-19H2,1-3H3/t25-,27+,28-,30-,31+,37+/m0/s1. The number of fused-ring (bicyclic) bond motifs is 4. The number of anilines is 2. The lowest BCUT2D eigenvalue weighted by Gasteiger charge is -2.49. The minimum Gasteiger partial charge on any atom is -0.504 e. The van der Waals surface area contributed by atoms with Crippen LogP contribution >= 0.6 is 0 Å². The van der Waals surface area contributed by atoms with Crippen LogP contribution in [0.4, 0.5) is 11.4 Å². The van der Waals surface area contributed by atoms with Crippen LogP contribution in [0.25, 0.3) is 0 Å². The molecule has 4 aliphatic rings. The van der Waals surface area contributed by atoms with Crippen molar-refractivity contribution in [2.75, 3.05) is 16.4 Å². The molecule has 2 aliphatic heterocycles. The smallest absolute Gasteiger partial charge is 0.241 e. The molecule has 1 N–H and O–H groups in total. The Bertz CT molecular complexity index is 1830. The van der Waals surface area contributed by atoms with Gasteiger partial charge in [0.05, 0.1) is 41.2 Å². The third-order valence-electron chi connectivity index (χ3n) is 10.5. The van der Waals surface area contributed by atoms with E-state index in [0.29, 0.717) is 29.1 Å². The summed E-state index contributed by atoms with van der Waals surface area (Å²) >= 11 is 0. The van der Waals surface area contributed by atoms with Crippen LogP contribution in [-0.2, 0) is 19.2 Å². The van der Waals surface area contributed by atoms with Gasteiger partial charge in [0.15, 0.2) is 17.3 Å². The molecule has 46 heavy (non-hydrogen) atoms. The van der Waals surface area contributed by atoms with Crippen molar-refractivity contribution < 1.29 is 33.8 Å². The molecule has 3 fully saturated rings. The van der Waals surface area contributed by atoms with Gasteiger partial charge in [0.2, 0.25) is 23.6 Å². The molecule has 2 heterocycles. The number of hydrogen-bond donors (Lipinski definition) is 1. The van der Waals surface area contributed by atoms with Gasteiger partial charge in [-0.3, -0.25) is 28.9 Å². The third kappa shape index (κ3) is 4.10. The topological polar surface area (TPSA) is 121 Å². The summed E-state index contributed by atoms with van der Waals surface area (Å²) in [5, 5.41) is 11.6. The molecule has 0 spiro atoms. The SMILES string of the molecule is CCOc1cccc([C@H]2C3=CC[C@@H]4C(=O)N(c5ccc(C(C)=O)cc5)C(=O)[C@@H]4[C@@H]3C[C@H]3C(=O)N(c4ccccc4)C(=O)[C@@]23C)c1O. The number of nitrogens with zero attached hydrogens (tertiary/aromatic N) is 2. The number of ether oxygens (including phenoxy) is 1. The number of hydrogen-bond acceptors (Lipinski definition) is 7. The zero-order valence-corrected chi connectivity index (χ0v) is 25.8. The first-order valence-corrected chi connectivity index (χ1v) is 15.7. The second kappa shape index (κ2) is 10.8. The fourth-order valence-corrected chi connectivity index (χ4v) is 8.33. The van der Waals surface area contributed by atoms with Crippen LogP contribution in [0.1, 0.15) is 55.5 Å². The van der Waals surface area contributed by atoms with E-state index in [9.17, 15) is 29.1 Å². The van der Waals surface area contributed by atoms with Gasteiger partial charge in [0.1, 0.15) is 0 Å². The van der Waals surface area contributed by atoms with E-state index in [0.717, 1.165) is 5.57 Å². The van der Waals surface area contributed by atoms with E-state index in [1.807, 2.05) is 19.1 Å². The highest BCUT2D eigenvalue weighted by atomic mass is 16.5. The Morgan fingerprint density at radius 1 is 0.870 bits per heavy atom.